The first-order valence-electron chi connectivity index (χ1n) is 8.23. The van der Waals surface area contributed by atoms with Crippen LogP contribution in [-0.4, -0.2) is 34.3 Å². The van der Waals surface area contributed by atoms with Crippen LogP contribution in [0.1, 0.15) is 5.56 Å². The summed E-state index contributed by atoms with van der Waals surface area (Å²) in [6.07, 6.45) is -1.77. The van der Waals surface area contributed by atoms with Crippen LogP contribution in [0.15, 0.2) is 54.9 Å². The lowest BCUT2D eigenvalue weighted by Crippen LogP contribution is -2.21. The first kappa shape index (κ1) is 22.2. The lowest BCUT2D eigenvalue weighted by atomic mass is 10.0. The fraction of sp³-hybridized carbons (Fsp3) is 0.100. The quantitative estimate of drug-likeness (QED) is 0.664. The first-order chi connectivity index (χ1) is 14.2. The van der Waals surface area contributed by atoms with Crippen molar-refractivity contribution in [1.29, 1.82) is 5.26 Å². The zero-order valence-corrected chi connectivity index (χ0v) is 15.5. The van der Waals surface area contributed by atoms with Crippen LogP contribution in [0.2, 0.25) is 0 Å². The summed E-state index contributed by atoms with van der Waals surface area (Å²) in [6, 6.07) is 15.4. The summed E-state index contributed by atoms with van der Waals surface area (Å²) in [7, 11) is 1.63. The fourth-order valence-corrected chi connectivity index (χ4v) is 2.32. The molecule has 7 nitrogen and oxygen atoms in total. The van der Waals surface area contributed by atoms with Crippen LogP contribution in [0, 0.1) is 11.3 Å². The number of carboxylic acid groups (broad SMARTS) is 1. The van der Waals surface area contributed by atoms with E-state index in [0.29, 0.717) is 5.56 Å². The van der Waals surface area contributed by atoms with E-state index in [0.717, 1.165) is 28.1 Å². The maximum atomic E-state index is 10.6. The Balaban J connectivity index is 0.000000396. The van der Waals surface area contributed by atoms with Crippen molar-refractivity contribution in [2.75, 3.05) is 12.8 Å². The maximum Gasteiger partial charge on any atom is 0.490 e. The number of nitrogens with zero attached hydrogens (tertiary/aromatic N) is 3. The van der Waals surface area contributed by atoms with E-state index in [1.54, 1.807) is 25.6 Å². The number of aliphatic carboxylic acids is 1. The van der Waals surface area contributed by atoms with Gasteiger partial charge in [-0.25, -0.2) is 9.78 Å². The molecule has 3 rings (SSSR count). The standard InChI is InChI=1S/C18H14N4O.C2HF3O2/c1-23-14-5-2-12(3-6-14)17-7-4-13(11-22-17)15-8-9-21-18(20)16(15)10-19;3-2(4,5)1(6)7/h2-9,11H,1H3,(H2,20,21);(H,6,7). The van der Waals surface area contributed by atoms with Crippen molar-refractivity contribution in [3.8, 4) is 34.2 Å². The highest BCUT2D eigenvalue weighted by atomic mass is 19.4. The van der Waals surface area contributed by atoms with Gasteiger partial charge in [-0.3, -0.25) is 4.98 Å². The van der Waals surface area contributed by atoms with Gasteiger partial charge in [0.2, 0.25) is 0 Å². The van der Waals surface area contributed by atoms with E-state index in [1.807, 2.05) is 36.4 Å². The highest BCUT2D eigenvalue weighted by Gasteiger charge is 2.38. The molecule has 154 valence electrons. The van der Waals surface area contributed by atoms with Gasteiger partial charge >= 0.3 is 12.1 Å². The van der Waals surface area contributed by atoms with Crippen LogP contribution < -0.4 is 10.5 Å². The van der Waals surface area contributed by atoms with Gasteiger partial charge in [0, 0.05) is 29.1 Å². The molecule has 10 heteroatoms. The number of methoxy groups -OCH3 is 1. The Morgan fingerprint density at radius 3 is 2.17 bits per heavy atom. The summed E-state index contributed by atoms with van der Waals surface area (Å²) < 4.78 is 36.9. The van der Waals surface area contributed by atoms with Crippen molar-refractivity contribution >= 4 is 11.8 Å². The highest BCUT2D eigenvalue weighted by molar-refractivity contribution is 5.75. The number of anilines is 1. The van der Waals surface area contributed by atoms with E-state index in [4.69, 9.17) is 20.4 Å². The van der Waals surface area contributed by atoms with Gasteiger partial charge < -0.3 is 15.6 Å². The van der Waals surface area contributed by atoms with E-state index in [2.05, 4.69) is 16.0 Å². The first-order valence-corrected chi connectivity index (χ1v) is 8.23. The van der Waals surface area contributed by atoms with Gasteiger partial charge in [0.25, 0.3) is 0 Å². The fourth-order valence-electron chi connectivity index (χ4n) is 2.32. The molecule has 0 bridgehead atoms. The minimum atomic E-state index is -5.08. The molecule has 0 atom stereocenters. The second-order valence-corrected chi connectivity index (χ2v) is 5.69. The molecule has 0 aliphatic carbocycles. The predicted molar refractivity (Wildman–Crippen MR) is 102 cm³/mol. The monoisotopic (exact) mass is 416 g/mol. The molecule has 0 saturated heterocycles. The summed E-state index contributed by atoms with van der Waals surface area (Å²) in [5.74, 6) is -1.73. The van der Waals surface area contributed by atoms with Crippen molar-refractivity contribution in [3.05, 3.63) is 60.4 Å². The number of nitrogens with two attached hydrogens (primary N) is 1. The second kappa shape index (κ2) is 9.38. The van der Waals surface area contributed by atoms with Crippen LogP contribution in [0.25, 0.3) is 22.4 Å². The Kier molecular flexibility index (Phi) is 6.93. The van der Waals surface area contributed by atoms with Crippen LogP contribution in [0.3, 0.4) is 0 Å². The molecule has 0 aliphatic rings. The molecule has 0 aliphatic heterocycles. The van der Waals surface area contributed by atoms with E-state index in [1.165, 1.54) is 0 Å². The third kappa shape index (κ3) is 5.45. The number of carboxylic acids is 1. The molecule has 0 fully saturated rings. The molecule has 2 aromatic heterocycles. The molecule has 0 unspecified atom stereocenters. The summed E-state index contributed by atoms with van der Waals surface area (Å²) in [5.41, 5.74) is 9.51. The van der Waals surface area contributed by atoms with Crippen LogP contribution in [0.5, 0.6) is 5.75 Å². The zero-order valence-electron chi connectivity index (χ0n) is 15.5. The van der Waals surface area contributed by atoms with Crippen LogP contribution in [0.4, 0.5) is 19.0 Å². The number of benzene rings is 1. The number of alkyl halides is 3. The second-order valence-electron chi connectivity index (χ2n) is 5.69. The summed E-state index contributed by atoms with van der Waals surface area (Å²) >= 11 is 0. The molecule has 1 aromatic carbocycles. The number of carbonyl (C=O) groups is 1. The number of nitrogen functional groups attached to an aromatic ring is 1. The van der Waals surface area contributed by atoms with Gasteiger partial charge in [-0.05, 0) is 36.4 Å². The predicted octanol–water partition coefficient (Wildman–Crippen LogP) is 3.91. The molecular weight excluding hydrogens is 401 g/mol. The topological polar surface area (TPSA) is 122 Å². The van der Waals surface area contributed by atoms with Crippen molar-refractivity contribution in [2.24, 2.45) is 0 Å². The Bertz CT molecular complexity index is 1060. The molecule has 0 spiro atoms. The summed E-state index contributed by atoms with van der Waals surface area (Å²) in [5, 5.41) is 16.4. The third-order valence-corrected chi connectivity index (χ3v) is 3.79. The summed E-state index contributed by atoms with van der Waals surface area (Å²) in [6.45, 7) is 0. The Labute approximate surface area is 169 Å². The molecule has 0 radical (unpaired) electrons. The van der Waals surface area contributed by atoms with E-state index in [9.17, 15) is 18.4 Å². The van der Waals surface area contributed by atoms with Gasteiger partial charge in [0.1, 0.15) is 23.2 Å². The molecular formula is C20H15F3N4O3. The van der Waals surface area contributed by atoms with Crippen molar-refractivity contribution < 1.29 is 27.8 Å². The third-order valence-electron chi connectivity index (χ3n) is 3.79. The number of pyridine rings is 2. The minimum absolute atomic E-state index is 0.226. The van der Waals surface area contributed by atoms with Crippen molar-refractivity contribution in [1.82, 2.24) is 9.97 Å². The van der Waals surface area contributed by atoms with Gasteiger partial charge in [-0.15, -0.1) is 0 Å². The SMILES string of the molecule is COc1ccc(-c2ccc(-c3ccnc(N)c3C#N)cn2)cc1.O=C(O)C(F)(F)F. The Morgan fingerprint density at radius 2 is 1.70 bits per heavy atom. The minimum Gasteiger partial charge on any atom is -0.497 e. The number of hydrogen-bond donors (Lipinski definition) is 2. The summed E-state index contributed by atoms with van der Waals surface area (Å²) in [4.78, 5) is 17.3. The van der Waals surface area contributed by atoms with Gasteiger partial charge in [0.15, 0.2) is 0 Å². The molecule has 3 N–H and O–H groups in total. The lowest BCUT2D eigenvalue weighted by Gasteiger charge is -2.07. The Morgan fingerprint density at radius 1 is 1.10 bits per heavy atom. The number of halogens is 3. The van der Waals surface area contributed by atoms with Crippen molar-refractivity contribution in [2.45, 2.75) is 6.18 Å². The Hall–Kier alpha value is -4.13. The van der Waals surface area contributed by atoms with E-state index < -0.39 is 12.1 Å². The van der Waals surface area contributed by atoms with Gasteiger partial charge in [-0.1, -0.05) is 6.07 Å². The van der Waals surface area contributed by atoms with Crippen molar-refractivity contribution in [3.63, 3.8) is 0 Å². The molecule has 3 aromatic rings. The largest absolute Gasteiger partial charge is 0.497 e. The smallest absolute Gasteiger partial charge is 0.490 e. The number of ether oxygens (including phenoxy) is 1. The zero-order chi connectivity index (χ0) is 22.3. The van der Waals surface area contributed by atoms with Gasteiger partial charge in [0.05, 0.1) is 12.8 Å². The average molecular weight is 416 g/mol. The van der Waals surface area contributed by atoms with Crippen LogP contribution >= 0.6 is 0 Å². The van der Waals surface area contributed by atoms with Crippen LogP contribution in [-0.2, 0) is 4.79 Å². The molecule has 2 heterocycles. The number of nitriles is 1. The normalized spacial score (nSPS) is 10.4. The van der Waals surface area contributed by atoms with E-state index in [-0.39, 0.29) is 5.82 Å². The molecule has 30 heavy (non-hydrogen) atoms. The van der Waals surface area contributed by atoms with Gasteiger partial charge in [-0.2, -0.15) is 18.4 Å². The molecule has 0 saturated carbocycles. The number of aromatic nitrogens is 2. The average Bonchev–Trinajstić information content (AvgIpc) is 2.73. The molecule has 0 amide bonds. The maximum absolute atomic E-state index is 10.6. The number of rotatable bonds is 3. The lowest BCUT2D eigenvalue weighted by molar-refractivity contribution is -0.192. The number of hydrogen-bond acceptors (Lipinski definition) is 6. The van der Waals surface area contributed by atoms with E-state index >= 15 is 0 Å². The highest BCUT2D eigenvalue weighted by Crippen LogP contribution is 2.27.